The van der Waals surface area contributed by atoms with Crippen molar-refractivity contribution in [2.75, 3.05) is 0 Å². The van der Waals surface area contributed by atoms with Crippen LogP contribution in [0, 0.1) is 17.5 Å². The zero-order valence-electron chi connectivity index (χ0n) is 8.63. The Morgan fingerprint density at radius 2 is 1.35 bits per heavy atom. The molecule has 17 heavy (non-hydrogen) atoms. The number of alkyl halides is 1. The third kappa shape index (κ3) is 2.88. The summed E-state index contributed by atoms with van der Waals surface area (Å²) in [5.74, 6) is -1.69. The minimum Gasteiger partial charge on any atom is -0.207 e. The van der Waals surface area contributed by atoms with Crippen LogP contribution in [0.2, 0.25) is 0 Å². The van der Waals surface area contributed by atoms with E-state index >= 15 is 0 Å². The molecule has 0 amide bonds. The van der Waals surface area contributed by atoms with Crippen molar-refractivity contribution in [1.82, 2.24) is 0 Å². The molecule has 0 radical (unpaired) electrons. The second-order valence-electron chi connectivity index (χ2n) is 3.62. The minimum absolute atomic E-state index is 0.385. The van der Waals surface area contributed by atoms with Gasteiger partial charge in [-0.15, -0.1) is 0 Å². The first-order valence-electron chi connectivity index (χ1n) is 4.92. The first kappa shape index (κ1) is 12.2. The van der Waals surface area contributed by atoms with Crippen molar-refractivity contribution in [2.45, 2.75) is 4.83 Å². The van der Waals surface area contributed by atoms with Crippen LogP contribution in [0.1, 0.15) is 16.0 Å². The Balaban J connectivity index is 2.39. The monoisotopic (exact) mass is 300 g/mol. The zero-order chi connectivity index (χ0) is 12.4. The quantitative estimate of drug-likeness (QED) is 0.712. The van der Waals surface area contributed by atoms with E-state index in [2.05, 4.69) is 15.9 Å². The van der Waals surface area contributed by atoms with E-state index in [9.17, 15) is 13.2 Å². The van der Waals surface area contributed by atoms with Crippen LogP contribution in [-0.4, -0.2) is 0 Å². The molecule has 2 rings (SSSR count). The molecule has 0 aliphatic rings. The van der Waals surface area contributed by atoms with Gasteiger partial charge in [0.05, 0.1) is 4.83 Å². The van der Waals surface area contributed by atoms with Crippen LogP contribution in [-0.2, 0) is 0 Å². The third-order valence-electron chi connectivity index (χ3n) is 2.32. The Bertz CT molecular complexity index is 520. The lowest BCUT2D eigenvalue weighted by atomic mass is 10.0. The lowest BCUT2D eigenvalue weighted by Crippen LogP contribution is -1.95. The first-order valence-corrected chi connectivity index (χ1v) is 5.83. The Morgan fingerprint density at radius 3 is 1.94 bits per heavy atom. The van der Waals surface area contributed by atoms with Gasteiger partial charge in [0.1, 0.15) is 17.5 Å². The van der Waals surface area contributed by atoms with E-state index in [1.54, 1.807) is 12.1 Å². The fourth-order valence-electron chi connectivity index (χ4n) is 1.58. The average Bonchev–Trinajstić information content (AvgIpc) is 2.26. The van der Waals surface area contributed by atoms with E-state index in [1.165, 1.54) is 24.3 Å². The summed E-state index contributed by atoms with van der Waals surface area (Å²) in [6.45, 7) is 0. The molecule has 0 heterocycles. The van der Waals surface area contributed by atoms with E-state index in [0.717, 1.165) is 6.07 Å². The molecule has 0 bridgehead atoms. The lowest BCUT2D eigenvalue weighted by Gasteiger charge is -2.11. The normalized spacial score (nSPS) is 12.5. The van der Waals surface area contributed by atoms with Gasteiger partial charge in [0.15, 0.2) is 0 Å². The maximum absolute atomic E-state index is 13.0. The molecule has 0 nitrogen and oxygen atoms in total. The van der Waals surface area contributed by atoms with Crippen LogP contribution in [0.15, 0.2) is 42.5 Å². The predicted molar refractivity (Wildman–Crippen MR) is 63.5 cm³/mol. The molecule has 0 aromatic heterocycles. The van der Waals surface area contributed by atoms with Crippen molar-refractivity contribution in [3.8, 4) is 0 Å². The highest BCUT2D eigenvalue weighted by atomic mass is 79.9. The van der Waals surface area contributed by atoms with Gasteiger partial charge in [-0.1, -0.05) is 28.1 Å². The molecular weight excluding hydrogens is 293 g/mol. The Labute approximate surface area is 105 Å². The summed E-state index contributed by atoms with van der Waals surface area (Å²) in [6, 6.07) is 9.10. The molecule has 0 aliphatic carbocycles. The SMILES string of the molecule is Fc1cccc(C(Br)c2cc(F)cc(F)c2)c1. The van der Waals surface area contributed by atoms with Gasteiger partial charge in [-0.2, -0.15) is 0 Å². The highest BCUT2D eigenvalue weighted by molar-refractivity contribution is 9.09. The zero-order valence-corrected chi connectivity index (χ0v) is 10.2. The second-order valence-corrected chi connectivity index (χ2v) is 4.54. The van der Waals surface area contributed by atoms with E-state index < -0.39 is 16.5 Å². The summed E-state index contributed by atoms with van der Waals surface area (Å²) in [4.78, 5) is -0.441. The largest absolute Gasteiger partial charge is 0.207 e. The molecule has 4 heteroatoms. The molecule has 0 fully saturated rings. The summed E-state index contributed by atoms with van der Waals surface area (Å²) >= 11 is 3.30. The molecule has 1 atom stereocenters. The van der Waals surface area contributed by atoms with E-state index in [4.69, 9.17) is 0 Å². The summed E-state index contributed by atoms with van der Waals surface area (Å²) in [6.07, 6.45) is 0. The number of hydrogen-bond donors (Lipinski definition) is 0. The summed E-state index contributed by atoms with van der Waals surface area (Å²) in [7, 11) is 0. The van der Waals surface area contributed by atoms with Crippen molar-refractivity contribution in [3.05, 3.63) is 71.0 Å². The van der Waals surface area contributed by atoms with Crippen LogP contribution in [0.25, 0.3) is 0 Å². The molecule has 0 N–H and O–H groups in total. The van der Waals surface area contributed by atoms with Crippen molar-refractivity contribution in [2.24, 2.45) is 0 Å². The summed E-state index contributed by atoms with van der Waals surface area (Å²) < 4.78 is 39.1. The van der Waals surface area contributed by atoms with E-state index in [0.29, 0.717) is 11.1 Å². The van der Waals surface area contributed by atoms with Crippen molar-refractivity contribution < 1.29 is 13.2 Å². The molecule has 88 valence electrons. The first-order chi connectivity index (χ1) is 8.06. The lowest BCUT2D eigenvalue weighted by molar-refractivity contribution is 0.580. The van der Waals surface area contributed by atoms with Crippen LogP contribution < -0.4 is 0 Å². The van der Waals surface area contributed by atoms with Gasteiger partial charge in [-0.3, -0.25) is 0 Å². The van der Waals surface area contributed by atoms with Crippen LogP contribution in [0.3, 0.4) is 0 Å². The number of benzene rings is 2. The van der Waals surface area contributed by atoms with Gasteiger partial charge in [0, 0.05) is 6.07 Å². The second kappa shape index (κ2) is 4.92. The molecule has 0 spiro atoms. The van der Waals surface area contributed by atoms with Gasteiger partial charge in [-0.05, 0) is 35.4 Å². The molecule has 2 aromatic carbocycles. The van der Waals surface area contributed by atoms with Crippen molar-refractivity contribution in [3.63, 3.8) is 0 Å². The highest BCUT2D eigenvalue weighted by Crippen LogP contribution is 2.31. The molecule has 0 saturated heterocycles. The highest BCUT2D eigenvalue weighted by Gasteiger charge is 2.13. The molecule has 0 aliphatic heterocycles. The Kier molecular flexibility index (Phi) is 3.52. The average molecular weight is 301 g/mol. The van der Waals surface area contributed by atoms with Crippen molar-refractivity contribution in [1.29, 1.82) is 0 Å². The molecule has 2 aromatic rings. The molecular formula is C13H8BrF3. The maximum atomic E-state index is 13.0. The fourth-order valence-corrected chi connectivity index (χ4v) is 2.13. The Hall–Kier alpha value is -1.29. The van der Waals surface area contributed by atoms with Gasteiger partial charge in [0.25, 0.3) is 0 Å². The number of halogens is 4. The number of rotatable bonds is 2. The fraction of sp³-hybridized carbons (Fsp3) is 0.0769. The van der Waals surface area contributed by atoms with Gasteiger partial charge >= 0.3 is 0 Å². The van der Waals surface area contributed by atoms with E-state index in [1.807, 2.05) is 0 Å². The smallest absolute Gasteiger partial charge is 0.126 e. The molecule has 0 saturated carbocycles. The van der Waals surface area contributed by atoms with Crippen LogP contribution >= 0.6 is 15.9 Å². The standard InChI is InChI=1S/C13H8BrF3/c14-13(8-2-1-3-10(15)4-8)9-5-11(16)7-12(17)6-9/h1-7,13H. The van der Waals surface area contributed by atoms with Crippen LogP contribution in [0.5, 0.6) is 0 Å². The number of hydrogen-bond acceptors (Lipinski definition) is 0. The summed E-state index contributed by atoms with van der Waals surface area (Å²) in [5, 5.41) is 0. The topological polar surface area (TPSA) is 0 Å². The maximum Gasteiger partial charge on any atom is 0.126 e. The van der Waals surface area contributed by atoms with Gasteiger partial charge < -0.3 is 0 Å². The van der Waals surface area contributed by atoms with Crippen LogP contribution in [0.4, 0.5) is 13.2 Å². The third-order valence-corrected chi connectivity index (χ3v) is 3.38. The van der Waals surface area contributed by atoms with Crippen molar-refractivity contribution >= 4 is 15.9 Å². The minimum atomic E-state index is -0.652. The Morgan fingerprint density at radius 1 is 0.765 bits per heavy atom. The van der Waals surface area contributed by atoms with E-state index in [-0.39, 0.29) is 5.82 Å². The summed E-state index contributed by atoms with van der Waals surface area (Å²) in [5.41, 5.74) is 1.02. The molecule has 1 unspecified atom stereocenters. The van der Waals surface area contributed by atoms with Gasteiger partial charge in [0.2, 0.25) is 0 Å². The predicted octanol–water partition coefficient (Wildman–Crippen LogP) is 4.59. The van der Waals surface area contributed by atoms with Gasteiger partial charge in [-0.25, -0.2) is 13.2 Å².